The van der Waals surface area contributed by atoms with E-state index in [0.717, 1.165) is 28.8 Å². The van der Waals surface area contributed by atoms with Gasteiger partial charge in [0.15, 0.2) is 0 Å². The van der Waals surface area contributed by atoms with Crippen molar-refractivity contribution in [3.63, 3.8) is 0 Å². The molecule has 0 unspecified atom stereocenters. The number of pyridine rings is 2. The highest BCUT2D eigenvalue weighted by molar-refractivity contribution is 6.48. The average Bonchev–Trinajstić information content (AvgIpc) is 4.15. The van der Waals surface area contributed by atoms with Crippen molar-refractivity contribution < 1.29 is 22.8 Å². The van der Waals surface area contributed by atoms with Gasteiger partial charge in [-0.25, -0.2) is 13.2 Å². The van der Waals surface area contributed by atoms with E-state index in [1.54, 1.807) is 55.0 Å². The molecule has 71 heavy (non-hydrogen) atoms. The number of aromatic nitrogens is 5. The normalized spacial score (nSPS) is 10.2. The van der Waals surface area contributed by atoms with Crippen LogP contribution in [0.4, 0.5) is 18.9 Å². The number of Topliss-reactive ketones (excluding diaryl/α,β-unsaturated/α-hetero) is 1. The number of hydrogen-bond donors (Lipinski definition) is 2. The van der Waals surface area contributed by atoms with Gasteiger partial charge in [0.1, 0.15) is 17.5 Å². The highest BCUT2D eigenvalue weighted by Crippen LogP contribution is 2.24. The number of H-pyrrole nitrogens is 1. The number of para-hydroxylation sites is 3. The standard InChI is InChI=1S/C22H16FN3O2.C15H12FN.C8H7N.C7H6ClF.C6H7N.CH4/c23-16-7-5-15(6-8-16)13-26-14-19(18-3-1-2-4-20(18)26)21(27)22(28)25-17-9-11-24-12-10-17;16-14-7-5-12(6-8-14)11-17-10-9-13-3-1-2-4-15(13)17;1-2-4-8-7(3-1)5-6-9-8;8-5-6-1-3-7(9)4-2-6;1-6-2-4-7-5-3-6;/h1-12,14H,13H2,(H,24,25,28);1-10H,11H2;1-6,9H;1-4H,5H2;2-5H,1H3;1H4. The quantitative estimate of drug-likeness (QED) is 0.0900. The Bertz CT molecular complexity index is 3330. The van der Waals surface area contributed by atoms with E-state index >= 15 is 0 Å². The third-order valence-electron chi connectivity index (χ3n) is 10.8. The molecule has 5 heterocycles. The van der Waals surface area contributed by atoms with Gasteiger partial charge in [-0.2, -0.15) is 0 Å². The molecule has 0 saturated carbocycles. The summed E-state index contributed by atoms with van der Waals surface area (Å²) in [4.78, 5) is 36.1. The molecule has 1 amide bonds. The van der Waals surface area contributed by atoms with Gasteiger partial charge in [-0.15, -0.1) is 11.6 Å². The highest BCUT2D eigenvalue weighted by atomic mass is 35.5. The van der Waals surface area contributed by atoms with Crippen LogP contribution in [0.5, 0.6) is 0 Å². The van der Waals surface area contributed by atoms with Crippen molar-refractivity contribution in [3.8, 4) is 0 Å². The zero-order chi connectivity index (χ0) is 49.1. The van der Waals surface area contributed by atoms with E-state index in [9.17, 15) is 22.8 Å². The third kappa shape index (κ3) is 15.2. The number of benzene rings is 6. The predicted molar refractivity (Wildman–Crippen MR) is 282 cm³/mol. The van der Waals surface area contributed by atoms with Gasteiger partial charge in [0.25, 0.3) is 11.7 Å². The summed E-state index contributed by atoms with van der Waals surface area (Å²) in [5.74, 6) is -1.60. The zero-order valence-corrected chi connectivity index (χ0v) is 38.9. The lowest BCUT2D eigenvalue weighted by Crippen LogP contribution is -2.22. The summed E-state index contributed by atoms with van der Waals surface area (Å²) >= 11 is 5.46. The van der Waals surface area contributed by atoms with Crippen molar-refractivity contribution in [2.45, 2.75) is 33.3 Å². The number of fused-ring (bicyclic) bond motifs is 3. The lowest BCUT2D eigenvalue weighted by Gasteiger charge is -2.05. The summed E-state index contributed by atoms with van der Waals surface area (Å²) in [5, 5.41) is 5.79. The topological polar surface area (TPSA) is 97.6 Å². The first kappa shape index (κ1) is 51.8. The molecule has 0 spiro atoms. The Morgan fingerprint density at radius 1 is 0.563 bits per heavy atom. The third-order valence-corrected chi connectivity index (χ3v) is 11.1. The molecular formula is C59H52ClF3N6O2. The largest absolute Gasteiger partial charge is 0.361 e. The summed E-state index contributed by atoms with van der Waals surface area (Å²) in [7, 11) is 0. The first-order chi connectivity index (χ1) is 34.1. The summed E-state index contributed by atoms with van der Waals surface area (Å²) in [6, 6.07) is 54.2. The molecule has 0 aliphatic heterocycles. The van der Waals surface area contributed by atoms with E-state index in [0.29, 0.717) is 29.1 Å². The van der Waals surface area contributed by atoms with Gasteiger partial charge in [-0.05, 0) is 131 Å². The summed E-state index contributed by atoms with van der Waals surface area (Å²) in [6.07, 6.45) is 12.3. The fourth-order valence-electron chi connectivity index (χ4n) is 7.15. The summed E-state index contributed by atoms with van der Waals surface area (Å²) in [6.45, 7) is 3.27. The predicted octanol–water partition coefficient (Wildman–Crippen LogP) is 14.6. The van der Waals surface area contributed by atoms with Gasteiger partial charge in [0, 0.05) is 90.0 Å². The van der Waals surface area contributed by atoms with E-state index in [1.807, 2.05) is 90.5 Å². The van der Waals surface area contributed by atoms with Crippen molar-refractivity contribution in [2.75, 3.05) is 5.32 Å². The number of carbonyl (C=O) groups is 2. The van der Waals surface area contributed by atoms with Gasteiger partial charge >= 0.3 is 0 Å². The van der Waals surface area contributed by atoms with Crippen LogP contribution in [-0.2, 0) is 23.8 Å². The average molecular weight is 970 g/mol. The minimum Gasteiger partial charge on any atom is -0.361 e. The number of alkyl halides is 1. The SMILES string of the molecule is C.Cc1ccncc1.Fc1ccc(CCl)cc1.Fc1ccc(Cn2ccc3ccccc32)cc1.O=C(Nc1ccncc1)C(=O)c1cn(Cc2ccc(F)cc2)c2ccccc12.c1ccc2[nH]ccc2c1. The van der Waals surface area contributed by atoms with Gasteiger partial charge in [-0.3, -0.25) is 19.6 Å². The van der Waals surface area contributed by atoms with Crippen LogP contribution in [0.1, 0.15) is 40.0 Å². The number of halogens is 4. The maximum absolute atomic E-state index is 13.2. The fraction of sp³-hybridized carbons (Fsp3) is 0.0847. The van der Waals surface area contributed by atoms with Crippen molar-refractivity contribution in [2.24, 2.45) is 0 Å². The molecule has 0 bridgehead atoms. The molecule has 0 aliphatic rings. The molecule has 0 aliphatic carbocycles. The first-order valence-corrected chi connectivity index (χ1v) is 22.7. The van der Waals surface area contributed by atoms with Crippen LogP contribution in [0.3, 0.4) is 0 Å². The smallest absolute Gasteiger partial charge is 0.296 e. The Labute approximate surface area is 416 Å². The fourth-order valence-corrected chi connectivity index (χ4v) is 7.33. The molecule has 11 rings (SSSR count). The Balaban J connectivity index is 0.000000162. The number of rotatable bonds is 8. The molecule has 0 atom stereocenters. The van der Waals surface area contributed by atoms with Crippen molar-refractivity contribution >= 4 is 61.7 Å². The number of aryl methyl sites for hydroxylation is 1. The first-order valence-electron chi connectivity index (χ1n) is 22.2. The molecule has 12 heteroatoms. The number of hydrogen-bond acceptors (Lipinski definition) is 4. The minimum atomic E-state index is -0.712. The Hall–Kier alpha value is -8.54. The number of nitrogens with zero attached hydrogens (tertiary/aromatic N) is 4. The van der Waals surface area contributed by atoms with Crippen molar-refractivity contribution in [1.29, 1.82) is 0 Å². The van der Waals surface area contributed by atoms with Crippen LogP contribution in [0.15, 0.2) is 225 Å². The molecule has 2 N–H and O–H groups in total. The van der Waals surface area contributed by atoms with E-state index in [2.05, 4.69) is 67.4 Å². The molecule has 11 aromatic rings. The van der Waals surface area contributed by atoms with Crippen LogP contribution in [-0.4, -0.2) is 35.8 Å². The lowest BCUT2D eigenvalue weighted by atomic mass is 10.1. The van der Waals surface area contributed by atoms with Crippen LogP contribution in [0.25, 0.3) is 32.7 Å². The van der Waals surface area contributed by atoms with E-state index < -0.39 is 11.7 Å². The van der Waals surface area contributed by atoms with Crippen molar-refractivity contribution in [1.82, 2.24) is 24.1 Å². The molecule has 5 aromatic heterocycles. The zero-order valence-electron chi connectivity index (χ0n) is 38.1. The van der Waals surface area contributed by atoms with Gasteiger partial charge in [-0.1, -0.05) is 98.4 Å². The van der Waals surface area contributed by atoms with Gasteiger partial charge < -0.3 is 19.4 Å². The monoisotopic (exact) mass is 968 g/mol. The highest BCUT2D eigenvalue weighted by Gasteiger charge is 2.22. The lowest BCUT2D eigenvalue weighted by molar-refractivity contribution is -0.112. The number of amides is 1. The van der Waals surface area contributed by atoms with Crippen molar-refractivity contribution in [3.05, 3.63) is 271 Å². The van der Waals surface area contributed by atoms with Crippen LogP contribution < -0.4 is 5.32 Å². The molecular weight excluding hydrogens is 917 g/mol. The number of carbonyl (C=O) groups excluding carboxylic acids is 2. The molecule has 6 aromatic carbocycles. The summed E-state index contributed by atoms with van der Waals surface area (Å²) in [5.41, 5.74) is 8.26. The second kappa shape index (κ2) is 26.3. The molecule has 358 valence electrons. The Morgan fingerprint density at radius 2 is 1.07 bits per heavy atom. The van der Waals surface area contributed by atoms with Gasteiger partial charge in [0.05, 0.1) is 5.56 Å². The number of nitrogens with one attached hydrogen (secondary N) is 2. The minimum absolute atomic E-state index is 0. The maximum atomic E-state index is 13.2. The van der Waals surface area contributed by atoms with E-state index in [1.165, 1.54) is 76.2 Å². The Kier molecular flexibility index (Phi) is 19.2. The molecule has 0 fully saturated rings. The molecule has 0 radical (unpaired) electrons. The molecule has 8 nitrogen and oxygen atoms in total. The molecule has 0 saturated heterocycles. The van der Waals surface area contributed by atoms with E-state index in [4.69, 9.17) is 11.6 Å². The number of anilines is 1. The number of aromatic amines is 1. The number of ketones is 1. The van der Waals surface area contributed by atoms with Gasteiger partial charge in [0.2, 0.25) is 0 Å². The maximum Gasteiger partial charge on any atom is 0.296 e. The Morgan fingerprint density at radius 3 is 1.63 bits per heavy atom. The van der Waals surface area contributed by atoms with E-state index in [-0.39, 0.29) is 24.9 Å². The second-order valence-corrected chi connectivity index (χ2v) is 16.1. The van der Waals surface area contributed by atoms with Crippen LogP contribution in [0.2, 0.25) is 0 Å². The second-order valence-electron chi connectivity index (χ2n) is 15.8. The summed E-state index contributed by atoms with van der Waals surface area (Å²) < 4.78 is 42.2. The van der Waals surface area contributed by atoms with Crippen LogP contribution >= 0.6 is 11.6 Å². The van der Waals surface area contributed by atoms with Crippen LogP contribution in [0, 0.1) is 24.4 Å².